The van der Waals surface area contributed by atoms with Gasteiger partial charge < -0.3 is 19.5 Å². The van der Waals surface area contributed by atoms with E-state index in [4.69, 9.17) is 9.47 Å². The van der Waals surface area contributed by atoms with E-state index in [9.17, 15) is 14.7 Å². The number of aliphatic hydroxyl groups excluding tert-OH is 1. The molecule has 6 nitrogen and oxygen atoms in total. The number of rotatable bonds is 9. The van der Waals surface area contributed by atoms with E-state index in [0.29, 0.717) is 31.9 Å². The van der Waals surface area contributed by atoms with Crippen LogP contribution < -0.4 is 4.74 Å². The number of aryl methyl sites for hydroxylation is 1. The molecule has 2 unspecified atom stereocenters. The topological polar surface area (TPSA) is 76.1 Å². The minimum atomic E-state index is -0.657. The number of ketones is 1. The lowest BCUT2D eigenvalue weighted by Crippen LogP contribution is -2.37. The Labute approximate surface area is 188 Å². The molecule has 2 atom stereocenters. The summed E-state index contributed by atoms with van der Waals surface area (Å²) in [5.41, 5.74) is 1.95. The number of benzene rings is 2. The third-order valence-electron chi connectivity index (χ3n) is 6.00. The van der Waals surface area contributed by atoms with E-state index in [1.54, 1.807) is 4.90 Å². The first kappa shape index (κ1) is 22.1. The molecule has 0 aromatic heterocycles. The maximum atomic E-state index is 13.3. The zero-order valence-electron chi connectivity index (χ0n) is 18.3. The predicted molar refractivity (Wildman–Crippen MR) is 120 cm³/mol. The SMILES string of the molecule is CCOc1cccc(C2C(C(=O)CCc3ccccc3)=C(O)C(=O)N2CC2CCCO2)c1. The van der Waals surface area contributed by atoms with Crippen LogP contribution in [-0.2, 0) is 20.7 Å². The van der Waals surface area contributed by atoms with Crippen LogP contribution in [0.3, 0.4) is 0 Å². The lowest BCUT2D eigenvalue weighted by molar-refractivity contribution is -0.131. The first-order chi connectivity index (χ1) is 15.6. The molecular weight excluding hydrogens is 406 g/mol. The van der Waals surface area contributed by atoms with Crippen molar-refractivity contribution in [3.8, 4) is 5.75 Å². The quantitative estimate of drug-likeness (QED) is 0.640. The van der Waals surface area contributed by atoms with E-state index >= 15 is 0 Å². The van der Waals surface area contributed by atoms with Gasteiger partial charge in [0.1, 0.15) is 5.75 Å². The zero-order valence-corrected chi connectivity index (χ0v) is 18.3. The minimum absolute atomic E-state index is 0.0944. The standard InChI is InChI=1S/C26H29NO5/c1-2-31-20-11-6-10-19(16-20)24-23(22(28)14-13-18-8-4-3-5-9-18)25(29)26(30)27(24)17-21-12-7-15-32-21/h3-6,8-11,16,21,24,29H,2,7,12-15,17H2,1H3. The fourth-order valence-electron chi connectivity index (χ4n) is 4.46. The van der Waals surface area contributed by atoms with Gasteiger partial charge in [-0.25, -0.2) is 0 Å². The van der Waals surface area contributed by atoms with E-state index in [1.807, 2.05) is 61.5 Å². The van der Waals surface area contributed by atoms with E-state index in [2.05, 4.69) is 0 Å². The zero-order chi connectivity index (χ0) is 22.5. The molecule has 168 valence electrons. The molecule has 2 aliphatic heterocycles. The van der Waals surface area contributed by atoms with Crippen LogP contribution in [-0.4, -0.2) is 47.6 Å². The van der Waals surface area contributed by atoms with Crippen LogP contribution in [0.5, 0.6) is 5.75 Å². The Kier molecular flexibility index (Phi) is 6.90. The van der Waals surface area contributed by atoms with E-state index < -0.39 is 17.7 Å². The second-order valence-electron chi connectivity index (χ2n) is 8.17. The van der Waals surface area contributed by atoms with Gasteiger partial charge in [0.05, 0.1) is 24.3 Å². The number of Topliss-reactive ketones (excluding diaryl/α,β-unsaturated/α-hetero) is 1. The fraction of sp³-hybridized carbons (Fsp3) is 0.385. The highest BCUT2D eigenvalue weighted by Crippen LogP contribution is 2.40. The van der Waals surface area contributed by atoms with Crippen LogP contribution in [0.25, 0.3) is 0 Å². The third-order valence-corrected chi connectivity index (χ3v) is 6.00. The van der Waals surface area contributed by atoms with Gasteiger partial charge >= 0.3 is 0 Å². The van der Waals surface area contributed by atoms with Crippen LogP contribution in [0, 0.1) is 0 Å². The van der Waals surface area contributed by atoms with Crippen LogP contribution in [0.15, 0.2) is 65.9 Å². The van der Waals surface area contributed by atoms with Crippen molar-refractivity contribution in [3.63, 3.8) is 0 Å². The largest absolute Gasteiger partial charge is 0.503 e. The lowest BCUT2D eigenvalue weighted by Gasteiger charge is -2.29. The molecular formula is C26H29NO5. The summed E-state index contributed by atoms with van der Waals surface area (Å²) >= 11 is 0. The third kappa shape index (κ3) is 4.70. The van der Waals surface area contributed by atoms with Crippen LogP contribution in [0.1, 0.15) is 43.4 Å². The van der Waals surface area contributed by atoms with Gasteiger partial charge in [0.2, 0.25) is 0 Å². The van der Waals surface area contributed by atoms with Gasteiger partial charge in [-0.1, -0.05) is 42.5 Å². The Morgan fingerprint density at radius 1 is 1.19 bits per heavy atom. The summed E-state index contributed by atoms with van der Waals surface area (Å²) in [5.74, 6) is -0.526. The minimum Gasteiger partial charge on any atom is -0.503 e. The number of carbonyl (C=O) groups is 2. The molecule has 1 N–H and O–H groups in total. The van der Waals surface area contributed by atoms with Gasteiger partial charge in [-0.15, -0.1) is 0 Å². The van der Waals surface area contributed by atoms with Crippen molar-refractivity contribution in [3.05, 3.63) is 77.1 Å². The van der Waals surface area contributed by atoms with Crippen molar-refractivity contribution in [1.82, 2.24) is 4.90 Å². The highest BCUT2D eigenvalue weighted by atomic mass is 16.5. The molecule has 0 saturated carbocycles. The van der Waals surface area contributed by atoms with Crippen molar-refractivity contribution in [2.75, 3.05) is 19.8 Å². The monoisotopic (exact) mass is 435 g/mol. The van der Waals surface area contributed by atoms with E-state index in [0.717, 1.165) is 24.0 Å². The number of carbonyl (C=O) groups excluding carboxylic acids is 2. The van der Waals surface area contributed by atoms with Crippen molar-refractivity contribution in [2.45, 2.75) is 44.8 Å². The summed E-state index contributed by atoms with van der Waals surface area (Å²) in [6.07, 6.45) is 2.46. The van der Waals surface area contributed by atoms with E-state index in [1.165, 1.54) is 0 Å². The van der Waals surface area contributed by atoms with Gasteiger partial charge in [-0.2, -0.15) is 0 Å². The number of aliphatic hydroxyl groups is 1. The maximum absolute atomic E-state index is 13.3. The molecule has 1 saturated heterocycles. The van der Waals surface area contributed by atoms with Crippen molar-refractivity contribution in [2.24, 2.45) is 0 Å². The molecule has 2 aromatic rings. The summed E-state index contributed by atoms with van der Waals surface area (Å²) in [7, 11) is 0. The van der Waals surface area contributed by atoms with Crippen LogP contribution >= 0.6 is 0 Å². The predicted octanol–water partition coefficient (Wildman–Crippen LogP) is 4.16. The van der Waals surface area contributed by atoms with Gasteiger partial charge in [-0.3, -0.25) is 9.59 Å². The van der Waals surface area contributed by atoms with Gasteiger partial charge in [0, 0.05) is 19.6 Å². The Hall–Kier alpha value is -3.12. The molecule has 32 heavy (non-hydrogen) atoms. The van der Waals surface area contributed by atoms with Gasteiger partial charge in [0.15, 0.2) is 11.5 Å². The maximum Gasteiger partial charge on any atom is 0.290 e. The van der Waals surface area contributed by atoms with E-state index in [-0.39, 0.29) is 23.9 Å². The number of nitrogens with zero attached hydrogens (tertiary/aromatic N) is 1. The van der Waals surface area contributed by atoms with Crippen LogP contribution in [0.2, 0.25) is 0 Å². The van der Waals surface area contributed by atoms with Crippen molar-refractivity contribution >= 4 is 11.7 Å². The molecule has 2 aromatic carbocycles. The smallest absolute Gasteiger partial charge is 0.290 e. The summed E-state index contributed by atoms with van der Waals surface area (Å²) in [6.45, 7) is 3.41. The molecule has 0 radical (unpaired) electrons. The molecule has 0 bridgehead atoms. The Bertz CT molecular complexity index is 994. The molecule has 6 heteroatoms. The second kappa shape index (κ2) is 10.0. The summed E-state index contributed by atoms with van der Waals surface area (Å²) in [4.78, 5) is 27.9. The molecule has 1 fully saturated rings. The molecule has 0 spiro atoms. The second-order valence-corrected chi connectivity index (χ2v) is 8.17. The summed E-state index contributed by atoms with van der Waals surface area (Å²) in [5, 5.41) is 10.8. The number of ether oxygens (including phenoxy) is 2. The Balaban J connectivity index is 1.64. The average molecular weight is 436 g/mol. The summed E-state index contributed by atoms with van der Waals surface area (Å²) < 4.78 is 11.4. The number of hydrogen-bond donors (Lipinski definition) is 1. The van der Waals surface area contributed by atoms with Crippen LogP contribution in [0.4, 0.5) is 0 Å². The normalized spacial score (nSPS) is 20.8. The number of amides is 1. The van der Waals surface area contributed by atoms with Gasteiger partial charge in [0.25, 0.3) is 5.91 Å². The Morgan fingerprint density at radius 3 is 2.72 bits per heavy atom. The highest BCUT2D eigenvalue weighted by Gasteiger charge is 2.44. The molecule has 4 rings (SSSR count). The summed E-state index contributed by atoms with van der Waals surface area (Å²) in [6, 6.07) is 16.5. The Morgan fingerprint density at radius 2 is 2.00 bits per heavy atom. The average Bonchev–Trinajstić information content (AvgIpc) is 3.41. The van der Waals surface area contributed by atoms with Crippen molar-refractivity contribution in [1.29, 1.82) is 0 Å². The molecule has 0 aliphatic carbocycles. The highest BCUT2D eigenvalue weighted by molar-refractivity contribution is 6.09. The molecule has 1 amide bonds. The number of hydrogen-bond acceptors (Lipinski definition) is 5. The first-order valence-corrected chi connectivity index (χ1v) is 11.2. The lowest BCUT2D eigenvalue weighted by atomic mass is 9.93. The van der Waals surface area contributed by atoms with Crippen molar-refractivity contribution < 1.29 is 24.2 Å². The van der Waals surface area contributed by atoms with Gasteiger partial charge in [-0.05, 0) is 49.4 Å². The fourth-order valence-corrected chi connectivity index (χ4v) is 4.46. The first-order valence-electron chi connectivity index (χ1n) is 11.2. The molecule has 2 heterocycles. The molecule has 2 aliphatic rings.